The van der Waals surface area contributed by atoms with Crippen molar-refractivity contribution in [2.75, 3.05) is 32.8 Å². The Morgan fingerprint density at radius 2 is 2.44 bits per heavy atom. The van der Waals surface area contributed by atoms with E-state index < -0.39 is 0 Å². The average Bonchev–Trinajstić information content (AvgIpc) is 2.55. The first-order valence-electron chi connectivity index (χ1n) is 6.61. The fraction of sp³-hybridized carbons (Fsp3) is 0.643. The molecule has 4 heteroatoms. The molecule has 4 nitrogen and oxygen atoms in total. The summed E-state index contributed by atoms with van der Waals surface area (Å²) in [6, 6.07) is 3.82. The van der Waals surface area contributed by atoms with Gasteiger partial charge >= 0.3 is 0 Å². The molecule has 0 radical (unpaired) electrons. The van der Waals surface area contributed by atoms with Crippen molar-refractivity contribution >= 4 is 0 Å². The number of ether oxygens (including phenoxy) is 2. The third kappa shape index (κ3) is 4.27. The van der Waals surface area contributed by atoms with Crippen molar-refractivity contribution in [3.05, 3.63) is 24.5 Å². The van der Waals surface area contributed by atoms with Crippen molar-refractivity contribution < 1.29 is 9.47 Å². The van der Waals surface area contributed by atoms with Crippen LogP contribution >= 0.6 is 0 Å². The molecule has 2 heterocycles. The van der Waals surface area contributed by atoms with Crippen LogP contribution in [0.3, 0.4) is 0 Å². The molecule has 0 amide bonds. The van der Waals surface area contributed by atoms with Crippen molar-refractivity contribution in [2.24, 2.45) is 5.92 Å². The first-order valence-corrected chi connectivity index (χ1v) is 6.61. The third-order valence-electron chi connectivity index (χ3n) is 2.88. The quantitative estimate of drug-likeness (QED) is 0.816. The van der Waals surface area contributed by atoms with Gasteiger partial charge in [-0.25, -0.2) is 0 Å². The molecule has 1 atom stereocenters. The van der Waals surface area contributed by atoms with E-state index in [0.29, 0.717) is 12.5 Å². The Balaban J connectivity index is 1.91. The van der Waals surface area contributed by atoms with Crippen LogP contribution in [0.5, 0.6) is 5.75 Å². The Hall–Kier alpha value is -1.13. The lowest BCUT2D eigenvalue weighted by Crippen LogP contribution is -2.38. The fourth-order valence-electron chi connectivity index (χ4n) is 2.20. The lowest BCUT2D eigenvalue weighted by molar-refractivity contribution is 0.0707. The first kappa shape index (κ1) is 13.3. The van der Waals surface area contributed by atoms with Crippen LogP contribution in [0.25, 0.3) is 0 Å². The molecule has 100 valence electrons. The highest BCUT2D eigenvalue weighted by Crippen LogP contribution is 2.12. The Kier molecular flexibility index (Phi) is 4.96. The Labute approximate surface area is 109 Å². The van der Waals surface area contributed by atoms with Crippen LogP contribution < -0.4 is 4.74 Å². The van der Waals surface area contributed by atoms with Crippen molar-refractivity contribution in [2.45, 2.75) is 20.0 Å². The molecule has 1 saturated heterocycles. The molecule has 0 spiro atoms. The summed E-state index contributed by atoms with van der Waals surface area (Å²) < 4.78 is 11.5. The van der Waals surface area contributed by atoms with E-state index in [2.05, 4.69) is 23.7 Å². The number of pyridine rings is 1. The highest BCUT2D eigenvalue weighted by molar-refractivity contribution is 5.15. The summed E-state index contributed by atoms with van der Waals surface area (Å²) in [6.07, 6.45) is 3.59. The molecule has 0 aromatic carbocycles. The van der Waals surface area contributed by atoms with Gasteiger partial charge in [0.1, 0.15) is 11.9 Å². The van der Waals surface area contributed by atoms with Gasteiger partial charge in [0.2, 0.25) is 0 Å². The normalized spacial score (nSPS) is 21.8. The number of hydrogen-bond donors (Lipinski definition) is 0. The zero-order chi connectivity index (χ0) is 12.8. The van der Waals surface area contributed by atoms with Crippen molar-refractivity contribution in [1.82, 2.24) is 9.88 Å². The summed E-state index contributed by atoms with van der Waals surface area (Å²) in [5.74, 6) is 1.49. The van der Waals surface area contributed by atoms with Gasteiger partial charge in [0, 0.05) is 25.8 Å². The summed E-state index contributed by atoms with van der Waals surface area (Å²) in [6.45, 7) is 8.93. The molecule has 2 rings (SSSR count). The van der Waals surface area contributed by atoms with Crippen LogP contribution in [0, 0.1) is 5.92 Å². The second-order valence-corrected chi connectivity index (χ2v) is 5.16. The molecule has 0 unspecified atom stereocenters. The Morgan fingerprint density at radius 1 is 1.56 bits per heavy atom. The average molecular weight is 250 g/mol. The number of aromatic nitrogens is 1. The largest absolute Gasteiger partial charge is 0.485 e. The molecule has 1 fully saturated rings. The van der Waals surface area contributed by atoms with E-state index in [1.165, 1.54) is 0 Å². The highest BCUT2D eigenvalue weighted by Gasteiger charge is 2.20. The van der Waals surface area contributed by atoms with Crippen LogP contribution in [-0.2, 0) is 4.74 Å². The van der Waals surface area contributed by atoms with Crippen LogP contribution in [0.1, 0.15) is 13.8 Å². The summed E-state index contributed by atoms with van der Waals surface area (Å²) in [5.41, 5.74) is 0. The molecule has 18 heavy (non-hydrogen) atoms. The van der Waals surface area contributed by atoms with E-state index in [0.717, 1.165) is 32.0 Å². The fourth-order valence-corrected chi connectivity index (χ4v) is 2.20. The van der Waals surface area contributed by atoms with Crippen LogP contribution in [0.4, 0.5) is 0 Å². The van der Waals surface area contributed by atoms with Crippen LogP contribution in [-0.4, -0.2) is 48.8 Å². The van der Waals surface area contributed by atoms with Crippen molar-refractivity contribution in [3.63, 3.8) is 0 Å². The molecule has 1 aromatic heterocycles. The molecule has 0 bridgehead atoms. The van der Waals surface area contributed by atoms with E-state index >= 15 is 0 Å². The maximum absolute atomic E-state index is 5.92. The standard InChI is InChI=1S/C14H22N2O2/c1-12(2)9-16-6-7-17-11-14(10-16)18-13-4-3-5-15-8-13/h3-5,8,12,14H,6-7,9-11H2,1-2H3/t14-/m1/s1. The zero-order valence-electron chi connectivity index (χ0n) is 11.2. The first-order chi connectivity index (χ1) is 8.74. The van der Waals surface area contributed by atoms with Crippen LogP contribution in [0.15, 0.2) is 24.5 Å². The molecular weight excluding hydrogens is 228 g/mol. The molecule has 1 aliphatic heterocycles. The van der Waals surface area contributed by atoms with Gasteiger partial charge in [0.05, 0.1) is 19.4 Å². The maximum Gasteiger partial charge on any atom is 0.138 e. The van der Waals surface area contributed by atoms with Gasteiger partial charge in [0.25, 0.3) is 0 Å². The van der Waals surface area contributed by atoms with E-state index in [-0.39, 0.29) is 6.10 Å². The van der Waals surface area contributed by atoms with Crippen molar-refractivity contribution in [3.8, 4) is 5.75 Å². The zero-order valence-corrected chi connectivity index (χ0v) is 11.2. The summed E-state index contributed by atoms with van der Waals surface area (Å²) in [5, 5.41) is 0. The SMILES string of the molecule is CC(C)CN1CCOC[C@H](Oc2cccnc2)C1. The minimum Gasteiger partial charge on any atom is -0.485 e. The topological polar surface area (TPSA) is 34.6 Å². The minimum atomic E-state index is 0.0930. The van der Waals surface area contributed by atoms with Gasteiger partial charge < -0.3 is 9.47 Å². The number of hydrogen-bond acceptors (Lipinski definition) is 4. The molecule has 0 saturated carbocycles. The number of nitrogens with zero attached hydrogens (tertiary/aromatic N) is 2. The highest BCUT2D eigenvalue weighted by atomic mass is 16.5. The smallest absolute Gasteiger partial charge is 0.138 e. The monoisotopic (exact) mass is 250 g/mol. The lowest BCUT2D eigenvalue weighted by atomic mass is 10.2. The van der Waals surface area contributed by atoms with E-state index in [9.17, 15) is 0 Å². The van der Waals surface area contributed by atoms with Gasteiger partial charge in [-0.15, -0.1) is 0 Å². The molecule has 1 aromatic rings. The van der Waals surface area contributed by atoms with Gasteiger partial charge in [0.15, 0.2) is 0 Å². The third-order valence-corrected chi connectivity index (χ3v) is 2.88. The predicted octanol–water partition coefficient (Wildman–Crippen LogP) is 1.82. The summed E-state index contributed by atoms with van der Waals surface area (Å²) >= 11 is 0. The molecule has 1 aliphatic rings. The minimum absolute atomic E-state index is 0.0930. The number of rotatable bonds is 4. The molecular formula is C14H22N2O2. The van der Waals surface area contributed by atoms with E-state index in [4.69, 9.17) is 9.47 Å². The van der Waals surface area contributed by atoms with Crippen molar-refractivity contribution in [1.29, 1.82) is 0 Å². The van der Waals surface area contributed by atoms with Gasteiger partial charge in [-0.05, 0) is 18.1 Å². The van der Waals surface area contributed by atoms with Gasteiger partial charge in [-0.1, -0.05) is 13.8 Å². The lowest BCUT2D eigenvalue weighted by Gasteiger charge is -2.25. The maximum atomic E-state index is 5.92. The van der Waals surface area contributed by atoms with Crippen LogP contribution in [0.2, 0.25) is 0 Å². The van der Waals surface area contributed by atoms with Gasteiger partial charge in [-0.2, -0.15) is 0 Å². The molecule has 0 aliphatic carbocycles. The van der Waals surface area contributed by atoms with Gasteiger partial charge in [-0.3, -0.25) is 9.88 Å². The van der Waals surface area contributed by atoms with E-state index in [1.54, 1.807) is 12.4 Å². The Bertz CT molecular complexity index is 343. The summed E-state index contributed by atoms with van der Waals surface area (Å²) in [7, 11) is 0. The summed E-state index contributed by atoms with van der Waals surface area (Å²) in [4.78, 5) is 6.48. The second-order valence-electron chi connectivity index (χ2n) is 5.16. The predicted molar refractivity (Wildman–Crippen MR) is 70.8 cm³/mol. The van der Waals surface area contributed by atoms with E-state index in [1.807, 2.05) is 12.1 Å². The Morgan fingerprint density at radius 3 is 3.17 bits per heavy atom. The molecule has 0 N–H and O–H groups in total. The second kappa shape index (κ2) is 6.71.